The summed E-state index contributed by atoms with van der Waals surface area (Å²) in [5.74, 6) is -0.845. The predicted molar refractivity (Wildman–Crippen MR) is 68.6 cm³/mol. The third kappa shape index (κ3) is 5.13. The average molecular weight is 271 g/mol. The van der Waals surface area contributed by atoms with E-state index in [1.54, 1.807) is 24.6 Å². The zero-order valence-corrected chi connectivity index (χ0v) is 11.3. The normalized spacial score (nSPS) is 10.1. The zero-order valence-electron chi connectivity index (χ0n) is 10.5. The summed E-state index contributed by atoms with van der Waals surface area (Å²) in [6, 6.07) is -0.215. The van der Waals surface area contributed by atoms with Gasteiger partial charge in [-0.2, -0.15) is 0 Å². The molecule has 1 heterocycles. The number of carboxylic acid groups (broad SMARTS) is 1. The molecule has 1 rings (SSSR count). The lowest BCUT2D eigenvalue weighted by molar-refractivity contribution is -0.137. The van der Waals surface area contributed by atoms with Crippen LogP contribution in [0.1, 0.15) is 22.7 Å². The first-order valence-electron chi connectivity index (χ1n) is 5.61. The average Bonchev–Trinajstić information content (AvgIpc) is 2.71. The number of amides is 2. The van der Waals surface area contributed by atoms with Gasteiger partial charge in [0.15, 0.2) is 0 Å². The fraction of sp³-hybridized carbons (Fsp3) is 0.545. The van der Waals surface area contributed by atoms with Crippen LogP contribution >= 0.6 is 11.3 Å². The molecule has 2 amide bonds. The molecule has 0 atom stereocenters. The standard InChI is InChI=1S/C11H17N3O3S/c1-8-6-12-9(18-8)7-13-11(17)14(2)5-3-4-10(15)16/h6H,3-5,7H2,1-2H3,(H,13,17)(H,15,16). The molecule has 0 aromatic carbocycles. The molecule has 0 bridgehead atoms. The summed E-state index contributed by atoms with van der Waals surface area (Å²) < 4.78 is 0. The first-order chi connectivity index (χ1) is 8.49. The topological polar surface area (TPSA) is 82.5 Å². The fourth-order valence-corrected chi connectivity index (χ4v) is 2.07. The maximum Gasteiger partial charge on any atom is 0.317 e. The smallest absolute Gasteiger partial charge is 0.317 e. The number of aliphatic carboxylic acids is 1. The summed E-state index contributed by atoms with van der Waals surface area (Å²) >= 11 is 1.54. The van der Waals surface area contributed by atoms with Gasteiger partial charge in [0, 0.05) is 31.1 Å². The molecular formula is C11H17N3O3S. The summed E-state index contributed by atoms with van der Waals surface area (Å²) in [5.41, 5.74) is 0. The Hall–Kier alpha value is -1.63. The molecule has 0 saturated heterocycles. The Morgan fingerprint density at radius 1 is 1.56 bits per heavy atom. The number of carbonyl (C=O) groups is 2. The highest BCUT2D eigenvalue weighted by atomic mass is 32.1. The number of nitrogens with zero attached hydrogens (tertiary/aromatic N) is 2. The molecule has 0 aliphatic carbocycles. The monoisotopic (exact) mass is 271 g/mol. The highest BCUT2D eigenvalue weighted by molar-refractivity contribution is 7.11. The van der Waals surface area contributed by atoms with Crippen molar-refractivity contribution in [2.45, 2.75) is 26.3 Å². The molecule has 7 heteroatoms. The van der Waals surface area contributed by atoms with Gasteiger partial charge in [0.05, 0.1) is 6.54 Å². The number of carbonyl (C=O) groups excluding carboxylic acids is 1. The van der Waals surface area contributed by atoms with Crippen LogP contribution in [0.5, 0.6) is 0 Å². The number of thiazole rings is 1. The maximum atomic E-state index is 11.6. The van der Waals surface area contributed by atoms with Crippen molar-refractivity contribution >= 4 is 23.3 Å². The quantitative estimate of drug-likeness (QED) is 0.820. The summed E-state index contributed by atoms with van der Waals surface area (Å²) in [6.07, 6.45) is 2.29. The van der Waals surface area contributed by atoms with Crippen molar-refractivity contribution in [3.63, 3.8) is 0 Å². The first-order valence-corrected chi connectivity index (χ1v) is 6.42. The van der Waals surface area contributed by atoms with Crippen LogP contribution in [0.3, 0.4) is 0 Å². The van der Waals surface area contributed by atoms with Crippen molar-refractivity contribution in [2.75, 3.05) is 13.6 Å². The van der Waals surface area contributed by atoms with E-state index < -0.39 is 5.97 Å². The second-order valence-corrected chi connectivity index (χ2v) is 5.26. The van der Waals surface area contributed by atoms with Crippen molar-refractivity contribution in [1.29, 1.82) is 0 Å². The second-order valence-electron chi connectivity index (χ2n) is 3.94. The molecule has 0 aliphatic rings. The van der Waals surface area contributed by atoms with Gasteiger partial charge in [0.2, 0.25) is 0 Å². The van der Waals surface area contributed by atoms with Gasteiger partial charge in [0.25, 0.3) is 0 Å². The lowest BCUT2D eigenvalue weighted by Gasteiger charge is -2.16. The van der Waals surface area contributed by atoms with Crippen LogP contribution in [-0.2, 0) is 11.3 Å². The number of nitrogens with one attached hydrogen (secondary N) is 1. The van der Waals surface area contributed by atoms with E-state index in [2.05, 4.69) is 10.3 Å². The van der Waals surface area contributed by atoms with Crippen LogP contribution in [0.15, 0.2) is 6.20 Å². The van der Waals surface area contributed by atoms with E-state index in [0.29, 0.717) is 19.5 Å². The van der Waals surface area contributed by atoms with Gasteiger partial charge >= 0.3 is 12.0 Å². The van der Waals surface area contributed by atoms with Crippen molar-refractivity contribution in [2.24, 2.45) is 0 Å². The van der Waals surface area contributed by atoms with E-state index in [0.717, 1.165) is 9.88 Å². The summed E-state index contributed by atoms with van der Waals surface area (Å²) in [7, 11) is 1.64. The Bertz CT molecular complexity index is 419. The number of carboxylic acids is 1. The highest BCUT2D eigenvalue weighted by Gasteiger charge is 2.09. The number of hydrogen-bond donors (Lipinski definition) is 2. The van der Waals surface area contributed by atoms with Crippen molar-refractivity contribution in [3.8, 4) is 0 Å². The van der Waals surface area contributed by atoms with Crippen LogP contribution in [0.25, 0.3) is 0 Å². The molecule has 0 radical (unpaired) electrons. The molecule has 2 N–H and O–H groups in total. The molecule has 0 unspecified atom stereocenters. The van der Waals surface area contributed by atoms with Gasteiger partial charge in [-0.25, -0.2) is 9.78 Å². The lowest BCUT2D eigenvalue weighted by Crippen LogP contribution is -2.37. The van der Waals surface area contributed by atoms with Crippen molar-refractivity contribution in [3.05, 3.63) is 16.1 Å². The van der Waals surface area contributed by atoms with Gasteiger partial charge in [-0.05, 0) is 13.3 Å². The molecule has 1 aromatic heterocycles. The van der Waals surface area contributed by atoms with Gasteiger partial charge in [-0.15, -0.1) is 11.3 Å². The SMILES string of the molecule is Cc1cnc(CNC(=O)N(C)CCCC(=O)O)s1. The van der Waals surface area contributed by atoms with Crippen LogP contribution < -0.4 is 5.32 Å². The van der Waals surface area contributed by atoms with E-state index in [-0.39, 0.29) is 12.5 Å². The molecular weight excluding hydrogens is 254 g/mol. The van der Waals surface area contributed by atoms with Gasteiger partial charge in [-0.3, -0.25) is 4.79 Å². The van der Waals surface area contributed by atoms with Crippen LogP contribution in [-0.4, -0.2) is 40.6 Å². The Kier molecular flexibility index (Phi) is 5.57. The number of aromatic nitrogens is 1. The number of hydrogen-bond acceptors (Lipinski definition) is 4. The minimum atomic E-state index is -0.845. The fourth-order valence-electron chi connectivity index (χ4n) is 1.34. The first kappa shape index (κ1) is 14.4. The van der Waals surface area contributed by atoms with Crippen LogP contribution in [0.4, 0.5) is 4.79 Å². The largest absolute Gasteiger partial charge is 0.481 e. The summed E-state index contributed by atoms with van der Waals surface area (Å²) in [6.45, 7) is 2.79. The molecule has 0 saturated carbocycles. The third-order valence-corrected chi connectivity index (χ3v) is 3.20. The van der Waals surface area contributed by atoms with E-state index in [1.807, 2.05) is 6.92 Å². The Morgan fingerprint density at radius 3 is 2.83 bits per heavy atom. The Labute approximate surface area is 110 Å². The highest BCUT2D eigenvalue weighted by Crippen LogP contribution is 2.10. The summed E-state index contributed by atoms with van der Waals surface area (Å²) in [5, 5.41) is 12.1. The van der Waals surface area contributed by atoms with Crippen molar-refractivity contribution < 1.29 is 14.7 Å². The van der Waals surface area contributed by atoms with Crippen molar-refractivity contribution in [1.82, 2.24) is 15.2 Å². The minimum Gasteiger partial charge on any atom is -0.481 e. The maximum absolute atomic E-state index is 11.6. The number of urea groups is 1. The van der Waals surface area contributed by atoms with Gasteiger partial charge in [0.1, 0.15) is 5.01 Å². The molecule has 0 aliphatic heterocycles. The zero-order chi connectivity index (χ0) is 13.5. The molecule has 0 spiro atoms. The second kappa shape index (κ2) is 6.95. The summed E-state index contributed by atoms with van der Waals surface area (Å²) in [4.78, 5) is 28.7. The van der Waals surface area contributed by atoms with Crippen LogP contribution in [0, 0.1) is 6.92 Å². The predicted octanol–water partition coefficient (Wildman–Crippen LogP) is 1.46. The molecule has 1 aromatic rings. The van der Waals surface area contributed by atoms with E-state index >= 15 is 0 Å². The Balaban J connectivity index is 2.25. The molecule has 100 valence electrons. The van der Waals surface area contributed by atoms with E-state index in [1.165, 1.54) is 4.90 Å². The number of rotatable bonds is 6. The van der Waals surface area contributed by atoms with E-state index in [9.17, 15) is 9.59 Å². The third-order valence-electron chi connectivity index (χ3n) is 2.29. The Morgan fingerprint density at radius 2 is 2.28 bits per heavy atom. The van der Waals surface area contributed by atoms with Gasteiger partial charge < -0.3 is 15.3 Å². The van der Waals surface area contributed by atoms with E-state index in [4.69, 9.17) is 5.11 Å². The minimum absolute atomic E-state index is 0.0727. The molecule has 6 nitrogen and oxygen atoms in total. The van der Waals surface area contributed by atoms with Gasteiger partial charge in [-0.1, -0.05) is 0 Å². The number of aryl methyl sites for hydroxylation is 1. The molecule has 18 heavy (non-hydrogen) atoms. The molecule has 0 fully saturated rings. The lowest BCUT2D eigenvalue weighted by atomic mass is 10.3. The van der Waals surface area contributed by atoms with Crippen LogP contribution in [0.2, 0.25) is 0 Å².